The minimum absolute atomic E-state index is 0.128. The number of halogens is 1. The van der Waals surface area contributed by atoms with E-state index in [0.29, 0.717) is 6.42 Å². The van der Waals surface area contributed by atoms with E-state index in [4.69, 9.17) is 0 Å². The summed E-state index contributed by atoms with van der Waals surface area (Å²) in [6.07, 6.45) is 0.340. The van der Waals surface area contributed by atoms with Gasteiger partial charge in [0.05, 0.1) is 10.6 Å². The first-order valence-corrected chi connectivity index (χ1v) is 13.4. The fraction of sp³-hybridized carbons (Fsp3) is 0.286. The second kappa shape index (κ2) is 12.0. The highest BCUT2D eigenvalue weighted by molar-refractivity contribution is 7.92. The summed E-state index contributed by atoms with van der Waals surface area (Å²) in [6.45, 7) is 5.20. The highest BCUT2D eigenvalue weighted by Crippen LogP contribution is 2.25. The van der Waals surface area contributed by atoms with E-state index in [1.54, 1.807) is 31.2 Å². The fourth-order valence-electron chi connectivity index (χ4n) is 3.95. The lowest BCUT2D eigenvalue weighted by Gasteiger charge is -2.33. The summed E-state index contributed by atoms with van der Waals surface area (Å²) in [7, 11) is -2.73. The monoisotopic (exact) mass is 525 g/mol. The SMILES string of the molecule is CCC(C(=O)NC)N(Cc1ccc(C)cc1)C(=O)CN(c1ccc(C)cc1)S(=O)(=O)c1ccc(F)cc1. The third-order valence-corrected chi connectivity index (χ3v) is 7.90. The molecule has 1 unspecified atom stereocenters. The summed E-state index contributed by atoms with van der Waals surface area (Å²) in [5, 5.41) is 2.60. The topological polar surface area (TPSA) is 86.8 Å². The molecule has 0 fully saturated rings. The number of benzene rings is 3. The van der Waals surface area contributed by atoms with Gasteiger partial charge in [0.25, 0.3) is 10.0 Å². The van der Waals surface area contributed by atoms with E-state index in [9.17, 15) is 22.4 Å². The highest BCUT2D eigenvalue weighted by atomic mass is 32.2. The zero-order chi connectivity index (χ0) is 27.2. The average Bonchev–Trinajstić information content (AvgIpc) is 2.88. The van der Waals surface area contributed by atoms with E-state index in [-0.39, 0.29) is 23.0 Å². The van der Waals surface area contributed by atoms with Gasteiger partial charge in [-0.3, -0.25) is 13.9 Å². The Balaban J connectivity index is 2.04. The van der Waals surface area contributed by atoms with Gasteiger partial charge in [-0.05, 0) is 62.2 Å². The molecule has 7 nitrogen and oxygen atoms in total. The minimum atomic E-state index is -4.23. The number of carbonyl (C=O) groups is 2. The number of hydrogen-bond donors (Lipinski definition) is 1. The Kier molecular flexibility index (Phi) is 9.04. The Morgan fingerprint density at radius 3 is 1.95 bits per heavy atom. The number of sulfonamides is 1. The molecule has 1 atom stereocenters. The van der Waals surface area contributed by atoms with Gasteiger partial charge in [0.15, 0.2) is 0 Å². The molecule has 0 aromatic heterocycles. The van der Waals surface area contributed by atoms with Gasteiger partial charge in [0.1, 0.15) is 18.4 Å². The average molecular weight is 526 g/mol. The Morgan fingerprint density at radius 1 is 0.892 bits per heavy atom. The van der Waals surface area contributed by atoms with Crippen molar-refractivity contribution < 1.29 is 22.4 Å². The second-order valence-corrected chi connectivity index (χ2v) is 10.7. The van der Waals surface area contributed by atoms with Crippen molar-refractivity contribution in [1.82, 2.24) is 10.2 Å². The van der Waals surface area contributed by atoms with Crippen molar-refractivity contribution in [3.8, 4) is 0 Å². The maximum Gasteiger partial charge on any atom is 0.264 e. The van der Waals surface area contributed by atoms with Gasteiger partial charge in [0.2, 0.25) is 11.8 Å². The van der Waals surface area contributed by atoms with Gasteiger partial charge in [-0.25, -0.2) is 12.8 Å². The number of amides is 2. The van der Waals surface area contributed by atoms with Crippen LogP contribution in [0.5, 0.6) is 0 Å². The van der Waals surface area contributed by atoms with Crippen LogP contribution < -0.4 is 9.62 Å². The molecule has 0 saturated carbocycles. The van der Waals surface area contributed by atoms with Gasteiger partial charge in [-0.2, -0.15) is 0 Å². The number of hydrogen-bond acceptors (Lipinski definition) is 4. The maximum atomic E-state index is 13.8. The zero-order valence-corrected chi connectivity index (χ0v) is 22.3. The van der Waals surface area contributed by atoms with Crippen molar-refractivity contribution in [2.75, 3.05) is 17.9 Å². The van der Waals surface area contributed by atoms with E-state index >= 15 is 0 Å². The Morgan fingerprint density at radius 2 is 1.43 bits per heavy atom. The van der Waals surface area contributed by atoms with E-state index in [1.165, 1.54) is 24.1 Å². The Hall–Kier alpha value is -3.72. The van der Waals surface area contributed by atoms with Crippen molar-refractivity contribution in [3.05, 3.63) is 95.3 Å². The molecule has 3 rings (SSSR count). The summed E-state index contributed by atoms with van der Waals surface area (Å²) in [6, 6.07) is 18.0. The zero-order valence-electron chi connectivity index (χ0n) is 21.4. The van der Waals surface area contributed by atoms with Gasteiger partial charge in [-0.1, -0.05) is 54.4 Å². The predicted molar refractivity (Wildman–Crippen MR) is 142 cm³/mol. The number of rotatable bonds is 10. The first kappa shape index (κ1) is 27.9. The smallest absolute Gasteiger partial charge is 0.264 e. The maximum absolute atomic E-state index is 13.8. The lowest BCUT2D eigenvalue weighted by Crippen LogP contribution is -2.51. The van der Waals surface area contributed by atoms with Gasteiger partial charge >= 0.3 is 0 Å². The van der Waals surface area contributed by atoms with Crippen LogP contribution in [0.2, 0.25) is 0 Å². The molecule has 196 valence electrons. The normalized spacial score (nSPS) is 12.0. The van der Waals surface area contributed by atoms with Gasteiger partial charge in [0, 0.05) is 13.6 Å². The molecular formula is C28H32FN3O4S. The van der Waals surface area contributed by atoms with Crippen LogP contribution in [0.25, 0.3) is 0 Å². The third kappa shape index (κ3) is 6.74. The van der Waals surface area contributed by atoms with E-state index < -0.39 is 34.3 Å². The molecular weight excluding hydrogens is 493 g/mol. The number of nitrogens with one attached hydrogen (secondary N) is 1. The molecule has 0 radical (unpaired) electrons. The molecule has 1 N–H and O–H groups in total. The van der Waals surface area contributed by atoms with E-state index in [2.05, 4.69) is 5.32 Å². The summed E-state index contributed by atoms with van der Waals surface area (Å²) in [4.78, 5) is 27.8. The summed E-state index contributed by atoms with van der Waals surface area (Å²) in [5.41, 5.74) is 3.06. The molecule has 2 amide bonds. The van der Waals surface area contributed by atoms with Crippen LogP contribution in [-0.2, 0) is 26.2 Å². The lowest BCUT2D eigenvalue weighted by atomic mass is 10.1. The molecule has 0 bridgehead atoms. The Labute approximate surface area is 218 Å². The fourth-order valence-corrected chi connectivity index (χ4v) is 5.36. The standard InChI is InChI=1S/C28H32FN3O4S/c1-5-26(28(34)30-4)31(18-22-10-6-20(2)7-11-22)27(33)19-32(24-14-8-21(3)9-15-24)37(35,36)25-16-12-23(29)13-17-25/h6-17,26H,5,18-19H2,1-4H3,(H,30,34). The van der Waals surface area contributed by atoms with Crippen molar-refractivity contribution in [2.45, 2.75) is 44.7 Å². The second-order valence-electron chi connectivity index (χ2n) is 8.85. The molecule has 3 aromatic rings. The molecule has 0 aliphatic rings. The first-order valence-electron chi connectivity index (χ1n) is 12.0. The lowest BCUT2D eigenvalue weighted by molar-refractivity contribution is -0.140. The molecule has 37 heavy (non-hydrogen) atoms. The Bertz CT molecular complexity index is 1330. The predicted octanol–water partition coefficient (Wildman–Crippen LogP) is 4.19. The molecule has 0 heterocycles. The highest BCUT2D eigenvalue weighted by Gasteiger charge is 2.33. The quantitative estimate of drug-likeness (QED) is 0.430. The van der Waals surface area contributed by atoms with Gasteiger partial charge in [-0.15, -0.1) is 0 Å². The van der Waals surface area contributed by atoms with Crippen molar-refractivity contribution >= 4 is 27.5 Å². The number of carbonyl (C=O) groups excluding carboxylic acids is 2. The van der Waals surface area contributed by atoms with Crippen LogP contribution in [0.1, 0.15) is 30.0 Å². The van der Waals surface area contributed by atoms with Crippen LogP contribution in [0, 0.1) is 19.7 Å². The molecule has 0 aliphatic heterocycles. The summed E-state index contributed by atoms with van der Waals surface area (Å²) in [5.74, 6) is -1.45. The minimum Gasteiger partial charge on any atom is -0.357 e. The molecule has 0 saturated heterocycles. The number of aryl methyl sites for hydroxylation is 2. The molecule has 9 heteroatoms. The first-order chi connectivity index (χ1) is 17.6. The summed E-state index contributed by atoms with van der Waals surface area (Å²) < 4.78 is 41.9. The molecule has 0 spiro atoms. The van der Waals surface area contributed by atoms with Crippen LogP contribution in [0.3, 0.4) is 0 Å². The van der Waals surface area contributed by atoms with Crippen LogP contribution >= 0.6 is 0 Å². The number of anilines is 1. The largest absolute Gasteiger partial charge is 0.357 e. The van der Waals surface area contributed by atoms with Crippen LogP contribution in [0.4, 0.5) is 10.1 Å². The number of likely N-dealkylation sites (N-methyl/N-ethyl adjacent to an activating group) is 1. The van der Waals surface area contributed by atoms with Gasteiger partial charge < -0.3 is 10.2 Å². The number of nitrogens with zero attached hydrogens (tertiary/aromatic N) is 2. The van der Waals surface area contributed by atoms with Crippen molar-refractivity contribution in [1.29, 1.82) is 0 Å². The van der Waals surface area contributed by atoms with Crippen LogP contribution in [-0.4, -0.2) is 44.8 Å². The molecule has 3 aromatic carbocycles. The third-order valence-electron chi connectivity index (χ3n) is 6.11. The van der Waals surface area contributed by atoms with E-state index in [1.807, 2.05) is 38.1 Å². The summed E-state index contributed by atoms with van der Waals surface area (Å²) >= 11 is 0. The van der Waals surface area contributed by atoms with Crippen LogP contribution in [0.15, 0.2) is 77.7 Å². The molecule has 0 aliphatic carbocycles. The van der Waals surface area contributed by atoms with E-state index in [0.717, 1.165) is 33.1 Å². The van der Waals surface area contributed by atoms with Crippen molar-refractivity contribution in [3.63, 3.8) is 0 Å². The van der Waals surface area contributed by atoms with Crippen molar-refractivity contribution in [2.24, 2.45) is 0 Å².